The molecular weight excluding hydrogens is 224 g/mol. The Morgan fingerprint density at radius 1 is 1.41 bits per heavy atom. The molecule has 2 N–H and O–H groups in total. The van der Waals surface area contributed by atoms with E-state index < -0.39 is 11.5 Å². The van der Waals surface area contributed by atoms with Gasteiger partial charge in [-0.2, -0.15) is 5.10 Å². The summed E-state index contributed by atoms with van der Waals surface area (Å²) in [6.45, 7) is 3.43. The Labute approximate surface area is 98.8 Å². The smallest absolute Gasteiger partial charge is 0.329 e. The molecule has 1 rings (SSSR count). The van der Waals surface area contributed by atoms with E-state index in [0.717, 1.165) is 0 Å². The number of carbonyl (C=O) groups excluding carboxylic acids is 1. The number of nitrogens with zero attached hydrogens (tertiary/aromatic N) is 3. The minimum Gasteiger partial charge on any atom is -0.480 e. The van der Waals surface area contributed by atoms with Crippen LogP contribution in [0.1, 0.15) is 26.7 Å². The molecule has 1 amide bonds. The number of hydrogen-bond donors (Lipinski definition) is 2. The molecule has 0 saturated carbocycles. The Kier molecular flexibility index (Phi) is 4.19. The van der Waals surface area contributed by atoms with Crippen LogP contribution in [0.25, 0.3) is 0 Å². The third kappa shape index (κ3) is 3.02. The third-order valence-corrected chi connectivity index (χ3v) is 2.77. The molecule has 17 heavy (non-hydrogen) atoms. The maximum atomic E-state index is 11.7. The Hall–Kier alpha value is -1.92. The van der Waals surface area contributed by atoms with Crippen LogP contribution >= 0.6 is 0 Å². The van der Waals surface area contributed by atoms with Gasteiger partial charge < -0.3 is 10.4 Å². The van der Waals surface area contributed by atoms with Gasteiger partial charge >= 0.3 is 5.97 Å². The van der Waals surface area contributed by atoms with Gasteiger partial charge in [0.2, 0.25) is 5.91 Å². The lowest BCUT2D eigenvalue weighted by molar-refractivity contribution is -0.148. The first-order valence-electron chi connectivity index (χ1n) is 5.41. The summed E-state index contributed by atoms with van der Waals surface area (Å²) in [5, 5.41) is 15.5. The topological polar surface area (TPSA) is 97.1 Å². The summed E-state index contributed by atoms with van der Waals surface area (Å²) in [5.41, 5.74) is -1.20. The van der Waals surface area contributed by atoms with Gasteiger partial charge in [-0.1, -0.05) is 13.8 Å². The molecular formula is C10H16N4O3. The van der Waals surface area contributed by atoms with Crippen LogP contribution in [0.15, 0.2) is 12.7 Å². The summed E-state index contributed by atoms with van der Waals surface area (Å²) in [6, 6.07) is 0. The zero-order chi connectivity index (χ0) is 12.9. The largest absolute Gasteiger partial charge is 0.480 e. The minimum atomic E-state index is -1.20. The van der Waals surface area contributed by atoms with E-state index in [9.17, 15) is 9.59 Å². The number of carboxylic acid groups (broad SMARTS) is 1. The Bertz CT molecular complexity index is 384. The molecule has 7 nitrogen and oxygen atoms in total. The highest BCUT2D eigenvalue weighted by molar-refractivity contribution is 5.86. The van der Waals surface area contributed by atoms with E-state index in [0.29, 0.717) is 12.8 Å². The quantitative estimate of drug-likeness (QED) is 0.731. The van der Waals surface area contributed by atoms with E-state index in [1.54, 1.807) is 13.8 Å². The molecule has 0 fully saturated rings. The van der Waals surface area contributed by atoms with Crippen molar-refractivity contribution in [3.8, 4) is 0 Å². The summed E-state index contributed by atoms with van der Waals surface area (Å²) >= 11 is 0. The first kappa shape index (κ1) is 13.1. The zero-order valence-electron chi connectivity index (χ0n) is 9.88. The molecule has 0 aliphatic heterocycles. The van der Waals surface area contributed by atoms with Crippen LogP contribution in [-0.4, -0.2) is 37.3 Å². The van der Waals surface area contributed by atoms with Gasteiger partial charge in [0.05, 0.1) is 0 Å². The highest BCUT2D eigenvalue weighted by Gasteiger charge is 2.36. The van der Waals surface area contributed by atoms with E-state index in [4.69, 9.17) is 5.11 Å². The van der Waals surface area contributed by atoms with Gasteiger partial charge in [-0.3, -0.25) is 4.79 Å². The fourth-order valence-corrected chi connectivity index (χ4v) is 1.55. The first-order chi connectivity index (χ1) is 8.04. The molecule has 1 aromatic rings. The number of carboxylic acids is 1. The summed E-state index contributed by atoms with van der Waals surface area (Å²) < 4.78 is 1.34. The fourth-order valence-electron chi connectivity index (χ4n) is 1.55. The molecule has 0 unspecified atom stereocenters. The normalized spacial score (nSPS) is 11.2. The van der Waals surface area contributed by atoms with E-state index in [-0.39, 0.29) is 12.5 Å². The highest BCUT2D eigenvalue weighted by Crippen LogP contribution is 2.15. The van der Waals surface area contributed by atoms with Crippen molar-refractivity contribution < 1.29 is 14.7 Å². The average molecular weight is 240 g/mol. The van der Waals surface area contributed by atoms with Crippen LogP contribution in [-0.2, 0) is 16.1 Å². The van der Waals surface area contributed by atoms with E-state index in [1.165, 1.54) is 17.3 Å². The monoisotopic (exact) mass is 240 g/mol. The van der Waals surface area contributed by atoms with Crippen molar-refractivity contribution in [2.24, 2.45) is 0 Å². The van der Waals surface area contributed by atoms with Gasteiger partial charge in [0.25, 0.3) is 0 Å². The second-order valence-corrected chi connectivity index (χ2v) is 3.74. The van der Waals surface area contributed by atoms with Gasteiger partial charge in [-0.05, 0) is 12.8 Å². The average Bonchev–Trinajstić information content (AvgIpc) is 2.78. The lowest BCUT2D eigenvalue weighted by Gasteiger charge is -2.27. The molecule has 0 aromatic carbocycles. The van der Waals surface area contributed by atoms with Gasteiger partial charge in [-0.15, -0.1) is 0 Å². The number of amides is 1. The number of rotatable bonds is 6. The number of aromatic nitrogens is 3. The molecule has 0 spiro atoms. The predicted octanol–water partition coefficient (Wildman–Crippen LogP) is 0.0377. The van der Waals surface area contributed by atoms with E-state index >= 15 is 0 Å². The molecule has 0 saturated heterocycles. The standard InChI is InChI=1S/C10H16N4O3/c1-3-10(4-2,9(16)17)13-8(15)5-14-7-11-6-12-14/h6-7H,3-5H2,1-2H3,(H,13,15)(H,16,17). The van der Waals surface area contributed by atoms with Crippen molar-refractivity contribution in [1.29, 1.82) is 0 Å². The first-order valence-corrected chi connectivity index (χ1v) is 5.41. The summed E-state index contributed by atoms with van der Waals surface area (Å²) in [5.74, 6) is -1.41. The molecule has 0 aliphatic carbocycles. The number of aliphatic carboxylic acids is 1. The van der Waals surface area contributed by atoms with Crippen molar-refractivity contribution in [3.05, 3.63) is 12.7 Å². The molecule has 0 bridgehead atoms. The predicted molar refractivity (Wildman–Crippen MR) is 59.1 cm³/mol. The summed E-state index contributed by atoms with van der Waals surface area (Å²) in [6.07, 6.45) is 3.39. The van der Waals surface area contributed by atoms with Crippen molar-refractivity contribution in [1.82, 2.24) is 20.1 Å². The van der Waals surface area contributed by atoms with Gasteiger partial charge in [0.1, 0.15) is 24.7 Å². The van der Waals surface area contributed by atoms with Gasteiger partial charge in [-0.25, -0.2) is 14.5 Å². The number of hydrogen-bond acceptors (Lipinski definition) is 4. The lowest BCUT2D eigenvalue weighted by atomic mass is 9.93. The van der Waals surface area contributed by atoms with Crippen LogP contribution < -0.4 is 5.32 Å². The van der Waals surface area contributed by atoms with Crippen molar-refractivity contribution in [2.75, 3.05) is 0 Å². The Morgan fingerprint density at radius 3 is 2.47 bits per heavy atom. The fraction of sp³-hybridized carbons (Fsp3) is 0.600. The Morgan fingerprint density at radius 2 is 2.06 bits per heavy atom. The molecule has 1 heterocycles. The molecule has 0 radical (unpaired) electrons. The summed E-state index contributed by atoms with van der Waals surface area (Å²) in [4.78, 5) is 26.6. The second kappa shape index (κ2) is 5.42. The molecule has 1 aromatic heterocycles. The number of carbonyl (C=O) groups is 2. The highest BCUT2D eigenvalue weighted by atomic mass is 16.4. The summed E-state index contributed by atoms with van der Waals surface area (Å²) in [7, 11) is 0. The van der Waals surface area contributed by atoms with E-state index in [2.05, 4.69) is 15.4 Å². The van der Waals surface area contributed by atoms with E-state index in [1.807, 2.05) is 0 Å². The lowest BCUT2D eigenvalue weighted by Crippen LogP contribution is -2.54. The molecule has 0 aliphatic rings. The Balaban J connectivity index is 2.68. The minimum absolute atomic E-state index is 0.0327. The molecule has 94 valence electrons. The zero-order valence-corrected chi connectivity index (χ0v) is 9.88. The van der Waals surface area contributed by atoms with Crippen LogP contribution in [0.4, 0.5) is 0 Å². The van der Waals surface area contributed by atoms with Crippen molar-refractivity contribution in [2.45, 2.75) is 38.8 Å². The van der Waals surface area contributed by atoms with Crippen LogP contribution in [0.5, 0.6) is 0 Å². The van der Waals surface area contributed by atoms with Crippen LogP contribution in [0.3, 0.4) is 0 Å². The maximum Gasteiger partial charge on any atom is 0.329 e. The number of nitrogens with one attached hydrogen (secondary N) is 1. The van der Waals surface area contributed by atoms with Crippen LogP contribution in [0.2, 0.25) is 0 Å². The van der Waals surface area contributed by atoms with Crippen molar-refractivity contribution in [3.63, 3.8) is 0 Å². The van der Waals surface area contributed by atoms with Crippen LogP contribution in [0, 0.1) is 0 Å². The molecule has 7 heteroatoms. The van der Waals surface area contributed by atoms with Gasteiger partial charge in [0, 0.05) is 0 Å². The van der Waals surface area contributed by atoms with Crippen molar-refractivity contribution >= 4 is 11.9 Å². The molecule has 0 atom stereocenters. The third-order valence-electron chi connectivity index (χ3n) is 2.77. The van der Waals surface area contributed by atoms with Gasteiger partial charge in [0.15, 0.2) is 0 Å². The SMILES string of the molecule is CCC(CC)(NC(=O)Cn1cncn1)C(=O)O. The second-order valence-electron chi connectivity index (χ2n) is 3.74. The maximum absolute atomic E-state index is 11.7.